The van der Waals surface area contributed by atoms with Gasteiger partial charge in [-0.25, -0.2) is 23.6 Å². The Morgan fingerprint density at radius 1 is 1.24 bits per heavy atom. The highest BCUT2D eigenvalue weighted by Gasteiger charge is 2.38. The van der Waals surface area contributed by atoms with Crippen molar-refractivity contribution in [2.45, 2.75) is 18.7 Å². The van der Waals surface area contributed by atoms with E-state index in [2.05, 4.69) is 15.3 Å². The predicted octanol–water partition coefficient (Wildman–Crippen LogP) is 2.32. The second-order valence-corrected chi connectivity index (χ2v) is 7.55. The van der Waals surface area contributed by atoms with E-state index in [-0.39, 0.29) is 19.7 Å². The number of hydrogen-bond acceptors (Lipinski definition) is 9. The van der Waals surface area contributed by atoms with E-state index in [9.17, 15) is 27.2 Å². The highest BCUT2D eigenvalue weighted by atomic mass is 19.4. The minimum absolute atomic E-state index is 0.0900. The van der Waals surface area contributed by atoms with Crippen molar-refractivity contribution >= 4 is 23.7 Å². The van der Waals surface area contributed by atoms with Crippen LogP contribution < -0.4 is 10.6 Å². The van der Waals surface area contributed by atoms with Crippen molar-refractivity contribution in [1.29, 1.82) is 0 Å². The summed E-state index contributed by atoms with van der Waals surface area (Å²) < 4.78 is 58.2. The number of rotatable bonds is 7. The fourth-order valence-electron chi connectivity index (χ4n) is 3.16. The quantitative estimate of drug-likeness (QED) is 0.336. The molecule has 12 nitrogen and oxygen atoms in total. The average molecular weight is 540 g/mol. The molecule has 3 N–H and O–H groups in total. The summed E-state index contributed by atoms with van der Waals surface area (Å²) >= 11 is 0. The Kier molecular flexibility index (Phi) is 8.90. The summed E-state index contributed by atoms with van der Waals surface area (Å²) in [4.78, 5) is 37.8. The highest BCUT2D eigenvalue weighted by Crippen LogP contribution is 2.29. The molecule has 1 aliphatic rings. The number of carbonyl (C=O) groups is 3. The van der Waals surface area contributed by atoms with Gasteiger partial charge in [0.2, 0.25) is 0 Å². The van der Waals surface area contributed by atoms with Crippen molar-refractivity contribution in [3.63, 3.8) is 0 Å². The van der Waals surface area contributed by atoms with Crippen LogP contribution in [-0.4, -0.2) is 75.1 Å². The van der Waals surface area contributed by atoms with Crippen molar-refractivity contribution < 1.29 is 46.5 Å². The number of halogens is 4. The van der Waals surface area contributed by atoms with Gasteiger partial charge in [0.15, 0.2) is 5.82 Å². The molecule has 3 heterocycles. The first kappa shape index (κ1) is 28.0. The maximum Gasteiger partial charge on any atom is 0.490 e. The number of carboxylic acid groups (broad SMARTS) is 1. The Balaban J connectivity index is 0.000000505. The Morgan fingerprint density at radius 2 is 1.97 bits per heavy atom. The Morgan fingerprint density at radius 3 is 2.53 bits per heavy atom. The molecule has 1 saturated heterocycles. The number of esters is 1. The standard InChI is InChI=1S/C20H19FN6O4.C2HF3O2/c21-17-9-14(26-12-15(31-20(26)29)5-8-30-19(28)10-22)2-3-16(17)13-1-4-18(23-11-13)27-7-6-24-25-27;3-2(4,5)1(6)7/h1-4,6-7,9,11,15H,5,8,10,12,22H2;(H,6,7)/t15-;/m1./s1. The molecule has 16 heteroatoms. The van der Waals surface area contributed by atoms with Crippen molar-refractivity contribution in [3.05, 3.63) is 54.7 Å². The van der Waals surface area contributed by atoms with Gasteiger partial charge in [0, 0.05) is 23.7 Å². The summed E-state index contributed by atoms with van der Waals surface area (Å²) in [6.45, 7) is 0.111. The largest absolute Gasteiger partial charge is 0.490 e. The average Bonchev–Trinajstić information content (AvgIpc) is 3.54. The summed E-state index contributed by atoms with van der Waals surface area (Å²) in [5.41, 5.74) is 6.47. The maximum atomic E-state index is 14.8. The van der Waals surface area contributed by atoms with E-state index >= 15 is 0 Å². The van der Waals surface area contributed by atoms with Crippen molar-refractivity contribution in [3.8, 4) is 16.9 Å². The van der Waals surface area contributed by atoms with Gasteiger partial charge in [-0.3, -0.25) is 9.69 Å². The van der Waals surface area contributed by atoms with Crippen LogP contribution in [0.2, 0.25) is 0 Å². The van der Waals surface area contributed by atoms with Gasteiger partial charge in [-0.2, -0.15) is 13.2 Å². The fourth-order valence-corrected chi connectivity index (χ4v) is 3.16. The minimum Gasteiger partial charge on any atom is -0.475 e. The Labute approximate surface area is 211 Å². The first-order valence-corrected chi connectivity index (χ1v) is 10.8. The smallest absolute Gasteiger partial charge is 0.475 e. The molecule has 38 heavy (non-hydrogen) atoms. The molecular formula is C22H20F4N6O6. The van der Waals surface area contributed by atoms with Gasteiger partial charge in [0.25, 0.3) is 0 Å². The normalized spacial score (nSPS) is 14.9. The van der Waals surface area contributed by atoms with Crippen molar-refractivity contribution in [2.75, 3.05) is 24.6 Å². The molecule has 2 aromatic heterocycles. The van der Waals surface area contributed by atoms with Crippen LogP contribution in [0, 0.1) is 5.82 Å². The molecule has 0 aliphatic carbocycles. The molecule has 4 rings (SSSR count). The van der Waals surface area contributed by atoms with Crippen LogP contribution in [-0.2, 0) is 19.1 Å². The molecule has 0 spiro atoms. The molecule has 3 aromatic rings. The summed E-state index contributed by atoms with van der Waals surface area (Å²) in [6.07, 6.45) is -1.07. The highest BCUT2D eigenvalue weighted by molar-refractivity contribution is 5.90. The number of nitrogens with zero attached hydrogens (tertiary/aromatic N) is 5. The number of cyclic esters (lactones) is 1. The zero-order chi connectivity index (χ0) is 27.9. The molecule has 1 amide bonds. The van der Waals surface area contributed by atoms with E-state index in [0.717, 1.165) is 0 Å². The number of alkyl halides is 3. The summed E-state index contributed by atoms with van der Waals surface area (Å²) in [6, 6.07) is 7.93. The molecule has 1 atom stereocenters. The number of anilines is 1. The minimum atomic E-state index is -5.08. The first-order chi connectivity index (χ1) is 18.0. The number of aliphatic carboxylic acids is 1. The van der Waals surface area contributed by atoms with E-state index in [4.69, 9.17) is 25.1 Å². The second kappa shape index (κ2) is 12.1. The molecule has 1 aliphatic heterocycles. The number of pyridine rings is 1. The van der Waals surface area contributed by atoms with Gasteiger partial charge in [-0.05, 0) is 30.3 Å². The zero-order valence-electron chi connectivity index (χ0n) is 19.3. The lowest BCUT2D eigenvalue weighted by atomic mass is 10.1. The molecule has 1 fully saturated rings. The number of carbonyl (C=O) groups excluding carboxylic acids is 2. The molecule has 202 valence electrons. The van der Waals surface area contributed by atoms with Gasteiger partial charge in [0.05, 0.1) is 37.8 Å². The van der Waals surface area contributed by atoms with E-state index < -0.39 is 36.1 Å². The zero-order valence-corrected chi connectivity index (χ0v) is 19.3. The van der Waals surface area contributed by atoms with Gasteiger partial charge in [-0.15, -0.1) is 5.10 Å². The van der Waals surface area contributed by atoms with Crippen LogP contribution >= 0.6 is 0 Å². The third-order valence-electron chi connectivity index (χ3n) is 4.97. The first-order valence-electron chi connectivity index (χ1n) is 10.8. The van der Waals surface area contributed by atoms with Crippen molar-refractivity contribution in [1.82, 2.24) is 20.0 Å². The molecular weight excluding hydrogens is 520 g/mol. The van der Waals surface area contributed by atoms with Gasteiger partial charge < -0.3 is 20.3 Å². The van der Waals surface area contributed by atoms with E-state index in [0.29, 0.717) is 29.1 Å². The topological polar surface area (TPSA) is 163 Å². The van der Waals surface area contributed by atoms with E-state index in [1.165, 1.54) is 28.0 Å². The lowest BCUT2D eigenvalue weighted by Gasteiger charge is -2.14. The number of amides is 1. The van der Waals surface area contributed by atoms with Gasteiger partial charge >= 0.3 is 24.2 Å². The monoisotopic (exact) mass is 540 g/mol. The fraction of sp³-hybridized carbons (Fsp3) is 0.273. The molecule has 1 aromatic carbocycles. The van der Waals surface area contributed by atoms with Crippen LogP contribution in [0.1, 0.15) is 6.42 Å². The summed E-state index contributed by atoms with van der Waals surface area (Å²) in [5, 5.41) is 14.7. The van der Waals surface area contributed by atoms with Gasteiger partial charge in [0.1, 0.15) is 11.9 Å². The number of ether oxygens (including phenoxy) is 2. The molecule has 0 unspecified atom stereocenters. The predicted molar refractivity (Wildman–Crippen MR) is 120 cm³/mol. The Hall–Kier alpha value is -4.60. The van der Waals surface area contributed by atoms with E-state index in [1.807, 2.05) is 0 Å². The summed E-state index contributed by atoms with van der Waals surface area (Å²) in [7, 11) is 0. The third kappa shape index (κ3) is 7.22. The molecule has 0 saturated carbocycles. The second-order valence-electron chi connectivity index (χ2n) is 7.55. The third-order valence-corrected chi connectivity index (χ3v) is 4.97. The maximum absolute atomic E-state index is 14.8. The van der Waals surface area contributed by atoms with E-state index in [1.54, 1.807) is 30.5 Å². The van der Waals surface area contributed by atoms with Crippen LogP contribution in [0.25, 0.3) is 16.9 Å². The number of benzene rings is 1. The Bertz CT molecular complexity index is 1270. The van der Waals surface area contributed by atoms with Gasteiger partial charge in [-0.1, -0.05) is 5.21 Å². The number of hydrogen-bond donors (Lipinski definition) is 2. The lowest BCUT2D eigenvalue weighted by molar-refractivity contribution is -0.192. The van der Waals surface area contributed by atoms with Crippen molar-refractivity contribution in [2.24, 2.45) is 5.73 Å². The van der Waals surface area contributed by atoms with Crippen LogP contribution in [0.4, 0.5) is 28.0 Å². The SMILES string of the molecule is NCC(=O)OCC[C@@H]1CN(c2ccc(-c3ccc(-n4ccnn4)nc3)c(F)c2)C(=O)O1.O=C(O)C(F)(F)F. The van der Waals surface area contributed by atoms with Crippen LogP contribution in [0.15, 0.2) is 48.9 Å². The molecule has 0 bridgehead atoms. The lowest BCUT2D eigenvalue weighted by Crippen LogP contribution is -2.25. The van der Waals surface area contributed by atoms with Crippen LogP contribution in [0.3, 0.4) is 0 Å². The molecule has 0 radical (unpaired) electrons. The summed E-state index contributed by atoms with van der Waals surface area (Å²) in [5.74, 6) is -3.22. The number of carboxylic acids is 1. The number of aromatic nitrogens is 4. The number of nitrogens with two attached hydrogens (primary N) is 1. The van der Waals surface area contributed by atoms with Crippen LogP contribution in [0.5, 0.6) is 0 Å².